The summed E-state index contributed by atoms with van der Waals surface area (Å²) in [7, 11) is 0. The van der Waals surface area contributed by atoms with Gasteiger partial charge < -0.3 is 5.11 Å². The molecule has 1 aliphatic rings. The van der Waals surface area contributed by atoms with Crippen LogP contribution in [0.4, 0.5) is 4.39 Å². The number of benzene rings is 2. The minimum Gasteiger partial charge on any atom is -0.507 e. The highest BCUT2D eigenvalue weighted by molar-refractivity contribution is 6.31. The van der Waals surface area contributed by atoms with Crippen LogP contribution in [0.25, 0.3) is 0 Å². The summed E-state index contributed by atoms with van der Waals surface area (Å²) in [5, 5.41) is 9.99. The van der Waals surface area contributed by atoms with E-state index in [2.05, 4.69) is 21.7 Å². The highest BCUT2D eigenvalue weighted by atomic mass is 35.5. The molecule has 0 saturated carbocycles. The second-order valence-corrected chi connectivity index (χ2v) is 6.20. The van der Waals surface area contributed by atoms with E-state index in [9.17, 15) is 19.1 Å². The van der Waals surface area contributed by atoms with Crippen molar-refractivity contribution in [2.75, 3.05) is 6.54 Å². The Morgan fingerprint density at radius 1 is 1.15 bits per heavy atom. The fourth-order valence-electron chi connectivity index (χ4n) is 2.70. The average molecular weight is 379 g/mol. The Balaban J connectivity index is 1.64. The van der Waals surface area contributed by atoms with Crippen LogP contribution in [0.2, 0.25) is 5.02 Å². The first-order chi connectivity index (χ1) is 12.5. The number of halogens is 2. The number of carbonyl (C=O) groups excluding carboxylic acids is 2. The van der Waals surface area contributed by atoms with Gasteiger partial charge in [-0.2, -0.15) is 0 Å². The summed E-state index contributed by atoms with van der Waals surface area (Å²) in [6, 6.07) is 9.43. The molecule has 1 saturated heterocycles. The molecule has 0 bridgehead atoms. The molecule has 1 heterocycles. The molecule has 1 aliphatic heterocycles. The molecular weight excluding hydrogens is 363 g/mol. The van der Waals surface area contributed by atoms with Crippen molar-refractivity contribution < 1.29 is 19.1 Å². The lowest BCUT2D eigenvalue weighted by atomic mass is 9.94. The van der Waals surface area contributed by atoms with Crippen molar-refractivity contribution in [1.29, 1.82) is 0 Å². The first-order valence-corrected chi connectivity index (χ1v) is 8.16. The van der Waals surface area contributed by atoms with Gasteiger partial charge in [0.1, 0.15) is 11.6 Å². The number of amides is 2. The van der Waals surface area contributed by atoms with Crippen LogP contribution < -0.4 is 21.7 Å². The van der Waals surface area contributed by atoms with E-state index in [1.54, 1.807) is 12.1 Å². The summed E-state index contributed by atoms with van der Waals surface area (Å²) in [5.74, 6) is -2.29. The van der Waals surface area contributed by atoms with Gasteiger partial charge >= 0.3 is 0 Å². The predicted molar refractivity (Wildman–Crippen MR) is 92.5 cm³/mol. The number of phenols is 1. The van der Waals surface area contributed by atoms with Crippen LogP contribution in [-0.4, -0.2) is 23.5 Å². The number of carbonyl (C=O) groups is 2. The maximum Gasteiger partial charge on any atom is 0.273 e. The zero-order valence-electron chi connectivity index (χ0n) is 13.4. The topological polar surface area (TPSA) is 102 Å². The Morgan fingerprint density at radius 3 is 2.62 bits per heavy atom. The van der Waals surface area contributed by atoms with Gasteiger partial charge in [0.25, 0.3) is 5.91 Å². The maximum absolute atomic E-state index is 13.1. The van der Waals surface area contributed by atoms with E-state index < -0.39 is 17.7 Å². The molecule has 2 atom stereocenters. The quantitative estimate of drug-likeness (QED) is 0.520. The minimum absolute atomic E-state index is 0.0597. The fourth-order valence-corrected chi connectivity index (χ4v) is 2.87. The number of hydrazine groups is 2. The van der Waals surface area contributed by atoms with Crippen molar-refractivity contribution in [3.8, 4) is 5.75 Å². The molecule has 2 aromatic rings. The minimum atomic E-state index is -0.699. The zero-order valence-corrected chi connectivity index (χ0v) is 14.2. The normalized spacial score (nSPS) is 19.2. The largest absolute Gasteiger partial charge is 0.507 e. The number of hydrogen-bond acceptors (Lipinski definition) is 5. The molecule has 2 unspecified atom stereocenters. The third kappa shape index (κ3) is 3.93. The lowest BCUT2D eigenvalue weighted by Gasteiger charge is -2.18. The van der Waals surface area contributed by atoms with E-state index in [0.29, 0.717) is 6.54 Å². The highest BCUT2D eigenvalue weighted by Crippen LogP contribution is 2.25. The molecule has 9 heteroatoms. The molecule has 136 valence electrons. The van der Waals surface area contributed by atoms with Crippen molar-refractivity contribution in [1.82, 2.24) is 21.7 Å². The summed E-state index contributed by atoms with van der Waals surface area (Å²) < 4.78 is 13.1. The lowest BCUT2D eigenvalue weighted by Crippen LogP contribution is -2.46. The van der Waals surface area contributed by atoms with E-state index in [1.807, 2.05) is 0 Å². The van der Waals surface area contributed by atoms with Gasteiger partial charge in [-0.1, -0.05) is 23.7 Å². The summed E-state index contributed by atoms with van der Waals surface area (Å²) in [5.41, 5.74) is 11.1. The third-order valence-electron chi connectivity index (χ3n) is 4.05. The number of rotatable bonds is 3. The average Bonchev–Trinajstić information content (AvgIpc) is 3.12. The smallest absolute Gasteiger partial charge is 0.273 e. The summed E-state index contributed by atoms with van der Waals surface area (Å²) in [4.78, 5) is 24.5. The third-order valence-corrected chi connectivity index (χ3v) is 4.29. The Bertz CT molecular complexity index is 831. The van der Waals surface area contributed by atoms with Crippen molar-refractivity contribution in [2.24, 2.45) is 5.92 Å². The molecule has 0 radical (unpaired) electrons. The van der Waals surface area contributed by atoms with Gasteiger partial charge in [0.2, 0.25) is 5.91 Å². The van der Waals surface area contributed by atoms with Gasteiger partial charge in [-0.15, -0.1) is 0 Å². The standard InChI is InChI=1S/C17H16ClFN4O3/c18-10-3-6-14(24)12(7-10)16(25)22-23-17(26)13-8-20-21-15(13)9-1-4-11(19)5-2-9/h1-7,13,15,20-21,24H,8H2,(H,22,25)(H,23,26). The Kier molecular flexibility index (Phi) is 5.36. The van der Waals surface area contributed by atoms with Crippen molar-refractivity contribution >= 4 is 23.4 Å². The highest BCUT2D eigenvalue weighted by Gasteiger charge is 2.34. The number of nitrogens with one attached hydrogen (secondary N) is 4. The van der Waals surface area contributed by atoms with Gasteiger partial charge in [0.05, 0.1) is 17.5 Å². The first kappa shape index (κ1) is 18.1. The van der Waals surface area contributed by atoms with Crippen molar-refractivity contribution in [3.63, 3.8) is 0 Å². The van der Waals surface area contributed by atoms with Crippen molar-refractivity contribution in [3.05, 3.63) is 64.4 Å². The summed E-state index contributed by atoms with van der Waals surface area (Å²) in [6.45, 7) is 0.326. The van der Waals surface area contributed by atoms with Crippen molar-refractivity contribution in [2.45, 2.75) is 6.04 Å². The van der Waals surface area contributed by atoms with E-state index in [-0.39, 0.29) is 28.2 Å². The van der Waals surface area contributed by atoms with Gasteiger partial charge in [0, 0.05) is 11.6 Å². The van der Waals surface area contributed by atoms with Crippen LogP contribution in [0.15, 0.2) is 42.5 Å². The molecule has 26 heavy (non-hydrogen) atoms. The number of hydrogen-bond donors (Lipinski definition) is 5. The van der Waals surface area contributed by atoms with Gasteiger partial charge in [-0.3, -0.25) is 25.9 Å². The molecule has 0 aromatic heterocycles. The van der Waals surface area contributed by atoms with E-state index in [1.165, 1.54) is 30.3 Å². The molecule has 1 fully saturated rings. The van der Waals surface area contributed by atoms with Crippen LogP contribution in [-0.2, 0) is 4.79 Å². The molecular formula is C17H16ClFN4O3. The second-order valence-electron chi connectivity index (χ2n) is 5.77. The molecule has 0 aliphatic carbocycles. The Hall–Kier alpha value is -2.68. The molecule has 7 nitrogen and oxygen atoms in total. The summed E-state index contributed by atoms with van der Waals surface area (Å²) >= 11 is 5.80. The molecule has 2 aromatic carbocycles. The maximum atomic E-state index is 13.1. The van der Waals surface area contributed by atoms with Crippen LogP contribution in [0.3, 0.4) is 0 Å². The fraction of sp³-hybridized carbons (Fsp3) is 0.176. The monoisotopic (exact) mass is 378 g/mol. The Labute approximate surface area is 153 Å². The van der Waals surface area contributed by atoms with E-state index >= 15 is 0 Å². The Morgan fingerprint density at radius 2 is 1.88 bits per heavy atom. The second kappa shape index (κ2) is 7.69. The van der Waals surface area contributed by atoms with Crippen LogP contribution in [0.5, 0.6) is 5.75 Å². The van der Waals surface area contributed by atoms with Gasteiger partial charge in [-0.05, 0) is 35.9 Å². The molecule has 3 rings (SSSR count). The van der Waals surface area contributed by atoms with E-state index in [0.717, 1.165) is 5.56 Å². The van der Waals surface area contributed by atoms with Crippen LogP contribution in [0.1, 0.15) is 22.0 Å². The van der Waals surface area contributed by atoms with Crippen LogP contribution >= 0.6 is 11.6 Å². The van der Waals surface area contributed by atoms with Gasteiger partial charge in [0.15, 0.2) is 0 Å². The molecule has 5 N–H and O–H groups in total. The van der Waals surface area contributed by atoms with E-state index in [4.69, 9.17) is 11.6 Å². The molecule has 0 spiro atoms. The first-order valence-electron chi connectivity index (χ1n) is 7.78. The predicted octanol–water partition coefficient (Wildman–Crippen LogP) is 1.41. The lowest BCUT2D eigenvalue weighted by molar-refractivity contribution is -0.125. The van der Waals surface area contributed by atoms with Gasteiger partial charge in [-0.25, -0.2) is 9.82 Å². The zero-order chi connectivity index (χ0) is 18.7. The molecule has 2 amide bonds. The summed E-state index contributed by atoms with van der Waals surface area (Å²) in [6.07, 6.45) is 0. The SMILES string of the molecule is O=C(NNC(=O)C1CNNC1c1ccc(F)cc1)c1cc(Cl)ccc1O. The number of aromatic hydroxyl groups is 1. The van der Waals surface area contributed by atoms with Crippen LogP contribution in [0, 0.1) is 11.7 Å². The number of phenolic OH excluding ortho intramolecular Hbond substituents is 1.